The van der Waals surface area contributed by atoms with Crippen molar-refractivity contribution in [3.63, 3.8) is 0 Å². The molecule has 0 aliphatic carbocycles. The number of thiazole rings is 1. The Hall–Kier alpha value is -2.47. The largest absolute Gasteiger partial charge is 0.324 e. The maximum absolute atomic E-state index is 12.1. The van der Waals surface area contributed by atoms with Gasteiger partial charge >= 0.3 is 4.87 Å². The molecule has 23 heavy (non-hydrogen) atoms. The molecular formula is C17H17N3O2S. The standard InChI is InChI=1S/C17H17N3O2S/c1-12-11-23-17(22)20(12)10-4-8-15(21)19-14-7-2-5-13-6-3-9-18-16(13)14/h2-3,5-7,9,11H,4,8,10H2,1H3,(H,19,21). The van der Waals surface area contributed by atoms with E-state index in [1.165, 1.54) is 11.3 Å². The molecule has 0 aliphatic heterocycles. The summed E-state index contributed by atoms with van der Waals surface area (Å²) in [4.78, 5) is 28.1. The number of fused-ring (bicyclic) bond motifs is 1. The number of aromatic nitrogens is 2. The highest BCUT2D eigenvalue weighted by Crippen LogP contribution is 2.20. The van der Waals surface area contributed by atoms with Crippen molar-refractivity contribution in [1.82, 2.24) is 9.55 Å². The smallest absolute Gasteiger partial charge is 0.307 e. The summed E-state index contributed by atoms with van der Waals surface area (Å²) < 4.78 is 1.71. The second kappa shape index (κ2) is 6.75. The molecule has 2 heterocycles. The average molecular weight is 327 g/mol. The van der Waals surface area contributed by atoms with E-state index in [1.54, 1.807) is 10.8 Å². The zero-order chi connectivity index (χ0) is 16.2. The van der Waals surface area contributed by atoms with Crippen LogP contribution < -0.4 is 10.2 Å². The number of rotatable bonds is 5. The van der Waals surface area contributed by atoms with Gasteiger partial charge in [-0.05, 0) is 25.5 Å². The molecule has 0 fully saturated rings. The minimum atomic E-state index is -0.0657. The van der Waals surface area contributed by atoms with Crippen molar-refractivity contribution in [1.29, 1.82) is 0 Å². The molecule has 0 aliphatic rings. The Morgan fingerprint density at radius 1 is 1.30 bits per heavy atom. The lowest BCUT2D eigenvalue weighted by molar-refractivity contribution is -0.116. The first kappa shape index (κ1) is 15.4. The summed E-state index contributed by atoms with van der Waals surface area (Å²) in [6.07, 6.45) is 2.70. The summed E-state index contributed by atoms with van der Waals surface area (Å²) in [6, 6.07) is 9.54. The number of para-hydroxylation sites is 1. The van der Waals surface area contributed by atoms with Crippen LogP contribution in [0.3, 0.4) is 0 Å². The van der Waals surface area contributed by atoms with Crippen LogP contribution in [0.2, 0.25) is 0 Å². The van der Waals surface area contributed by atoms with Crippen LogP contribution in [0.25, 0.3) is 10.9 Å². The Balaban J connectivity index is 1.62. The minimum absolute atomic E-state index is 0.0289. The number of nitrogens with zero attached hydrogens (tertiary/aromatic N) is 2. The number of amides is 1. The van der Waals surface area contributed by atoms with Gasteiger partial charge in [-0.2, -0.15) is 0 Å². The van der Waals surface area contributed by atoms with Gasteiger partial charge in [-0.25, -0.2) is 0 Å². The number of carbonyl (C=O) groups is 1. The number of pyridine rings is 1. The first-order valence-electron chi connectivity index (χ1n) is 7.43. The molecule has 0 radical (unpaired) electrons. The van der Waals surface area contributed by atoms with E-state index < -0.39 is 0 Å². The molecule has 0 saturated heterocycles. The number of benzene rings is 1. The Morgan fingerprint density at radius 2 is 2.13 bits per heavy atom. The van der Waals surface area contributed by atoms with Crippen molar-refractivity contribution in [3.05, 3.63) is 57.3 Å². The molecule has 1 aromatic carbocycles. The molecule has 0 bridgehead atoms. The van der Waals surface area contributed by atoms with Gasteiger partial charge in [0.2, 0.25) is 5.91 Å². The van der Waals surface area contributed by atoms with Gasteiger partial charge in [-0.1, -0.05) is 29.5 Å². The van der Waals surface area contributed by atoms with E-state index in [-0.39, 0.29) is 10.8 Å². The summed E-state index contributed by atoms with van der Waals surface area (Å²) in [5.41, 5.74) is 2.45. The minimum Gasteiger partial charge on any atom is -0.324 e. The highest BCUT2D eigenvalue weighted by Gasteiger charge is 2.08. The van der Waals surface area contributed by atoms with Crippen LogP contribution in [-0.4, -0.2) is 15.5 Å². The second-order valence-electron chi connectivity index (χ2n) is 5.33. The van der Waals surface area contributed by atoms with Crippen molar-refractivity contribution in [2.75, 3.05) is 5.32 Å². The first-order chi connectivity index (χ1) is 11.1. The summed E-state index contributed by atoms with van der Waals surface area (Å²) in [5, 5.41) is 5.74. The normalized spacial score (nSPS) is 10.8. The fraction of sp³-hybridized carbons (Fsp3) is 0.235. The fourth-order valence-corrected chi connectivity index (χ4v) is 3.25. The van der Waals surface area contributed by atoms with Gasteiger partial charge in [0, 0.05) is 35.6 Å². The Labute approximate surface area is 137 Å². The molecule has 3 aromatic rings. The van der Waals surface area contributed by atoms with Gasteiger partial charge in [0.05, 0.1) is 11.2 Å². The molecule has 1 amide bonds. The van der Waals surface area contributed by atoms with E-state index in [0.29, 0.717) is 19.4 Å². The molecule has 1 N–H and O–H groups in total. The van der Waals surface area contributed by atoms with Crippen LogP contribution in [0.1, 0.15) is 18.5 Å². The summed E-state index contributed by atoms with van der Waals surface area (Å²) >= 11 is 1.19. The molecule has 5 nitrogen and oxygen atoms in total. The fourth-order valence-electron chi connectivity index (χ4n) is 2.49. The molecule has 118 valence electrons. The van der Waals surface area contributed by atoms with E-state index in [0.717, 1.165) is 22.3 Å². The molecule has 2 aromatic heterocycles. The van der Waals surface area contributed by atoms with Gasteiger partial charge in [-0.3, -0.25) is 14.6 Å². The molecular weight excluding hydrogens is 310 g/mol. The summed E-state index contributed by atoms with van der Waals surface area (Å²) in [5.74, 6) is -0.0657. The van der Waals surface area contributed by atoms with Gasteiger partial charge in [-0.15, -0.1) is 0 Å². The van der Waals surface area contributed by atoms with Crippen LogP contribution >= 0.6 is 11.3 Å². The third-order valence-corrected chi connectivity index (χ3v) is 4.55. The van der Waals surface area contributed by atoms with Gasteiger partial charge in [0.1, 0.15) is 0 Å². The number of nitrogens with one attached hydrogen (secondary N) is 1. The third-order valence-electron chi connectivity index (χ3n) is 3.67. The SMILES string of the molecule is Cc1csc(=O)n1CCCC(=O)Nc1cccc2cccnc12. The van der Waals surface area contributed by atoms with Crippen molar-refractivity contribution < 1.29 is 4.79 Å². The van der Waals surface area contributed by atoms with Crippen molar-refractivity contribution >= 4 is 33.8 Å². The summed E-state index contributed by atoms with van der Waals surface area (Å²) in [6.45, 7) is 2.47. The number of aryl methyl sites for hydroxylation is 1. The highest BCUT2D eigenvalue weighted by atomic mass is 32.1. The first-order valence-corrected chi connectivity index (χ1v) is 8.31. The van der Waals surface area contributed by atoms with Crippen molar-refractivity contribution in [3.8, 4) is 0 Å². The summed E-state index contributed by atoms with van der Waals surface area (Å²) in [7, 11) is 0. The highest BCUT2D eigenvalue weighted by molar-refractivity contribution is 7.07. The molecule has 0 atom stereocenters. The molecule has 0 saturated carbocycles. The third kappa shape index (κ3) is 3.48. The van der Waals surface area contributed by atoms with Crippen LogP contribution in [0.4, 0.5) is 5.69 Å². The van der Waals surface area contributed by atoms with Gasteiger partial charge in [0.25, 0.3) is 0 Å². The van der Waals surface area contributed by atoms with Crippen molar-refractivity contribution in [2.45, 2.75) is 26.3 Å². The average Bonchev–Trinajstić information content (AvgIpc) is 2.87. The lowest BCUT2D eigenvalue weighted by Crippen LogP contribution is -2.17. The lowest BCUT2D eigenvalue weighted by atomic mass is 10.2. The molecule has 0 unspecified atom stereocenters. The quantitative estimate of drug-likeness (QED) is 0.783. The van der Waals surface area contributed by atoms with Crippen LogP contribution in [0, 0.1) is 6.92 Å². The topological polar surface area (TPSA) is 64.0 Å². The Bertz CT molecular complexity index is 893. The van der Waals surface area contributed by atoms with E-state index in [1.807, 2.05) is 42.6 Å². The molecule has 3 rings (SSSR count). The Morgan fingerprint density at radius 3 is 2.91 bits per heavy atom. The Kier molecular flexibility index (Phi) is 4.52. The predicted molar refractivity (Wildman–Crippen MR) is 92.9 cm³/mol. The van der Waals surface area contributed by atoms with E-state index in [9.17, 15) is 9.59 Å². The van der Waals surface area contributed by atoms with Gasteiger partial charge in [0.15, 0.2) is 0 Å². The monoisotopic (exact) mass is 327 g/mol. The molecule has 0 spiro atoms. The number of hydrogen-bond acceptors (Lipinski definition) is 4. The lowest BCUT2D eigenvalue weighted by Gasteiger charge is -2.08. The van der Waals surface area contributed by atoms with Crippen molar-refractivity contribution in [2.24, 2.45) is 0 Å². The zero-order valence-corrected chi connectivity index (χ0v) is 13.6. The number of hydrogen-bond donors (Lipinski definition) is 1. The predicted octanol–water partition coefficient (Wildman–Crippen LogP) is 3.19. The second-order valence-corrected chi connectivity index (χ2v) is 6.15. The number of anilines is 1. The van der Waals surface area contributed by atoms with Crippen LogP contribution in [-0.2, 0) is 11.3 Å². The molecule has 6 heteroatoms. The van der Waals surface area contributed by atoms with E-state index in [4.69, 9.17) is 0 Å². The maximum atomic E-state index is 12.1. The van der Waals surface area contributed by atoms with Crippen LogP contribution in [0.5, 0.6) is 0 Å². The number of carbonyl (C=O) groups excluding carboxylic acids is 1. The van der Waals surface area contributed by atoms with E-state index >= 15 is 0 Å². The van der Waals surface area contributed by atoms with E-state index in [2.05, 4.69) is 10.3 Å². The zero-order valence-electron chi connectivity index (χ0n) is 12.8. The van der Waals surface area contributed by atoms with Crippen LogP contribution in [0.15, 0.2) is 46.7 Å². The maximum Gasteiger partial charge on any atom is 0.307 e. The van der Waals surface area contributed by atoms with Gasteiger partial charge < -0.3 is 9.88 Å².